The molecule has 0 aliphatic carbocycles. The van der Waals surface area contributed by atoms with Crippen LogP contribution in [0.4, 0.5) is 4.39 Å². The summed E-state index contributed by atoms with van der Waals surface area (Å²) >= 11 is 0. The molecule has 2 heterocycles. The van der Waals surface area contributed by atoms with E-state index in [0.29, 0.717) is 38.3 Å². The molecule has 1 N–H and O–H groups in total. The number of aromatic nitrogens is 2. The highest BCUT2D eigenvalue weighted by atomic mass is 19.1. The van der Waals surface area contributed by atoms with E-state index in [1.165, 1.54) is 12.1 Å². The van der Waals surface area contributed by atoms with E-state index in [9.17, 15) is 9.18 Å². The zero-order chi connectivity index (χ0) is 17.6. The molecule has 0 bridgehead atoms. The maximum atomic E-state index is 13.3. The van der Waals surface area contributed by atoms with Crippen molar-refractivity contribution in [2.75, 3.05) is 13.2 Å². The van der Waals surface area contributed by atoms with Crippen molar-refractivity contribution in [3.63, 3.8) is 0 Å². The lowest BCUT2D eigenvalue weighted by molar-refractivity contribution is -0.124. The number of carbonyl (C=O) groups excluding carboxylic acids is 1. The van der Waals surface area contributed by atoms with E-state index >= 15 is 0 Å². The molecule has 1 amide bonds. The van der Waals surface area contributed by atoms with Gasteiger partial charge in [0.25, 0.3) is 0 Å². The number of amides is 1. The quantitative estimate of drug-likeness (QED) is 0.869. The Morgan fingerprint density at radius 2 is 2.36 bits per heavy atom. The molecule has 25 heavy (non-hydrogen) atoms. The van der Waals surface area contributed by atoms with Gasteiger partial charge in [-0.15, -0.1) is 0 Å². The fraction of sp³-hybridized carbons (Fsp3) is 0.444. The molecule has 2 aromatic rings. The molecule has 1 fully saturated rings. The van der Waals surface area contributed by atoms with Crippen LogP contribution >= 0.6 is 0 Å². The molecule has 1 aliphatic rings. The minimum Gasteiger partial charge on any atom is -0.488 e. The van der Waals surface area contributed by atoms with Crippen molar-refractivity contribution in [2.24, 2.45) is 0 Å². The molecule has 1 aromatic carbocycles. The van der Waals surface area contributed by atoms with E-state index in [-0.39, 0.29) is 23.9 Å². The molecule has 0 saturated carbocycles. The Labute approximate surface area is 145 Å². The topological polar surface area (TPSA) is 65.4 Å². The van der Waals surface area contributed by atoms with Crippen molar-refractivity contribution in [2.45, 2.75) is 38.5 Å². The summed E-state index contributed by atoms with van der Waals surface area (Å²) < 4.78 is 26.4. The van der Waals surface area contributed by atoms with Crippen LogP contribution in [0.25, 0.3) is 0 Å². The van der Waals surface area contributed by atoms with Gasteiger partial charge in [-0.25, -0.2) is 4.39 Å². The van der Waals surface area contributed by atoms with Gasteiger partial charge in [0, 0.05) is 31.6 Å². The van der Waals surface area contributed by atoms with Crippen molar-refractivity contribution in [1.82, 2.24) is 15.1 Å². The third kappa shape index (κ3) is 5.03. The highest BCUT2D eigenvalue weighted by Crippen LogP contribution is 2.19. The number of hydrogen-bond donors (Lipinski definition) is 1. The molecular formula is C18H22FN3O3. The fourth-order valence-electron chi connectivity index (χ4n) is 2.79. The fourth-order valence-corrected chi connectivity index (χ4v) is 2.79. The first-order chi connectivity index (χ1) is 12.1. The molecule has 1 saturated heterocycles. The van der Waals surface area contributed by atoms with Gasteiger partial charge in [-0.05, 0) is 25.1 Å². The van der Waals surface area contributed by atoms with Crippen molar-refractivity contribution >= 4 is 5.91 Å². The zero-order valence-electron chi connectivity index (χ0n) is 14.2. The number of benzene rings is 1. The summed E-state index contributed by atoms with van der Waals surface area (Å²) in [4.78, 5) is 12.2. The van der Waals surface area contributed by atoms with Gasteiger partial charge in [-0.1, -0.05) is 6.07 Å². The van der Waals surface area contributed by atoms with E-state index in [0.717, 1.165) is 5.69 Å². The van der Waals surface area contributed by atoms with Gasteiger partial charge in [-0.2, -0.15) is 5.10 Å². The van der Waals surface area contributed by atoms with E-state index in [4.69, 9.17) is 9.47 Å². The number of nitrogens with one attached hydrogen (secondary N) is 1. The first-order valence-electron chi connectivity index (χ1n) is 8.39. The van der Waals surface area contributed by atoms with Crippen LogP contribution in [0, 0.1) is 12.7 Å². The standard InChI is InChI=1S/C18H22FN3O3/c1-13-5-8-22(21-13)9-6-18(23)20-16-12-24-10-7-17(16)25-15-4-2-3-14(19)11-15/h2-5,8,11,16-17H,6-7,9-10,12H2,1H3,(H,20,23)/t16-,17+/m1/s1. The Morgan fingerprint density at radius 3 is 3.12 bits per heavy atom. The molecule has 6 nitrogen and oxygen atoms in total. The van der Waals surface area contributed by atoms with Crippen LogP contribution in [0.1, 0.15) is 18.5 Å². The average molecular weight is 347 g/mol. The minimum atomic E-state index is -0.348. The van der Waals surface area contributed by atoms with Crippen LogP contribution in [-0.2, 0) is 16.1 Å². The average Bonchev–Trinajstić information content (AvgIpc) is 3.00. The molecule has 0 unspecified atom stereocenters. The van der Waals surface area contributed by atoms with Gasteiger partial charge in [-0.3, -0.25) is 9.48 Å². The molecule has 0 spiro atoms. The lowest BCUT2D eigenvalue weighted by atomic mass is 10.1. The molecule has 1 aliphatic heterocycles. The smallest absolute Gasteiger partial charge is 0.222 e. The molecule has 3 rings (SSSR count). The summed E-state index contributed by atoms with van der Waals surface area (Å²) in [5, 5.41) is 7.22. The largest absolute Gasteiger partial charge is 0.488 e. The zero-order valence-corrected chi connectivity index (χ0v) is 14.2. The van der Waals surface area contributed by atoms with Gasteiger partial charge >= 0.3 is 0 Å². The lowest BCUT2D eigenvalue weighted by Gasteiger charge is -2.32. The van der Waals surface area contributed by atoms with Gasteiger partial charge < -0.3 is 14.8 Å². The summed E-state index contributed by atoms with van der Waals surface area (Å²) in [5.41, 5.74) is 0.921. The number of carbonyl (C=O) groups is 1. The van der Waals surface area contributed by atoms with Crippen LogP contribution in [0.2, 0.25) is 0 Å². The van der Waals surface area contributed by atoms with E-state index in [1.807, 2.05) is 19.2 Å². The number of hydrogen-bond acceptors (Lipinski definition) is 4. The number of nitrogens with zero attached hydrogens (tertiary/aromatic N) is 2. The Morgan fingerprint density at radius 1 is 1.48 bits per heavy atom. The van der Waals surface area contributed by atoms with Crippen LogP contribution in [0.5, 0.6) is 5.75 Å². The highest BCUT2D eigenvalue weighted by molar-refractivity contribution is 5.76. The Balaban J connectivity index is 1.54. The van der Waals surface area contributed by atoms with Crippen LogP contribution in [0.15, 0.2) is 36.5 Å². The molecule has 7 heteroatoms. The minimum absolute atomic E-state index is 0.0866. The van der Waals surface area contributed by atoms with E-state index in [2.05, 4.69) is 10.4 Å². The first kappa shape index (κ1) is 17.4. The van der Waals surface area contributed by atoms with Crippen molar-refractivity contribution in [1.29, 1.82) is 0 Å². The molecule has 1 aromatic heterocycles. The second-order valence-corrected chi connectivity index (χ2v) is 6.12. The lowest BCUT2D eigenvalue weighted by Crippen LogP contribution is -2.51. The predicted octanol–water partition coefficient (Wildman–Crippen LogP) is 2.07. The first-order valence-corrected chi connectivity index (χ1v) is 8.39. The normalized spacial score (nSPS) is 20.2. The summed E-state index contributed by atoms with van der Waals surface area (Å²) in [6.45, 7) is 3.36. The van der Waals surface area contributed by atoms with Gasteiger partial charge in [0.1, 0.15) is 17.7 Å². The van der Waals surface area contributed by atoms with Gasteiger partial charge in [0.2, 0.25) is 5.91 Å². The summed E-state index contributed by atoms with van der Waals surface area (Å²) in [6, 6.07) is 7.65. The highest BCUT2D eigenvalue weighted by Gasteiger charge is 2.29. The molecule has 134 valence electrons. The SMILES string of the molecule is Cc1ccn(CCC(=O)N[C@@H]2COCC[C@@H]2Oc2cccc(F)c2)n1. The monoisotopic (exact) mass is 347 g/mol. The van der Waals surface area contributed by atoms with Crippen molar-refractivity contribution < 1.29 is 18.7 Å². The number of rotatable bonds is 6. The Kier molecular flexibility index (Phi) is 5.65. The number of aryl methyl sites for hydroxylation is 2. The van der Waals surface area contributed by atoms with Crippen LogP contribution in [-0.4, -0.2) is 41.0 Å². The maximum Gasteiger partial charge on any atom is 0.222 e. The maximum absolute atomic E-state index is 13.3. The van der Waals surface area contributed by atoms with Gasteiger partial charge in [0.05, 0.1) is 24.9 Å². The Hall–Kier alpha value is -2.41. The summed E-state index contributed by atoms with van der Waals surface area (Å²) in [7, 11) is 0. The predicted molar refractivity (Wildman–Crippen MR) is 89.8 cm³/mol. The van der Waals surface area contributed by atoms with E-state index < -0.39 is 0 Å². The van der Waals surface area contributed by atoms with Gasteiger partial charge in [0.15, 0.2) is 0 Å². The molecular weight excluding hydrogens is 325 g/mol. The third-order valence-corrected chi connectivity index (χ3v) is 4.06. The summed E-state index contributed by atoms with van der Waals surface area (Å²) in [5.74, 6) is 0.0225. The van der Waals surface area contributed by atoms with Crippen LogP contribution < -0.4 is 10.1 Å². The van der Waals surface area contributed by atoms with Crippen LogP contribution in [0.3, 0.4) is 0 Å². The second-order valence-electron chi connectivity index (χ2n) is 6.12. The van der Waals surface area contributed by atoms with Crippen molar-refractivity contribution in [3.8, 4) is 5.75 Å². The van der Waals surface area contributed by atoms with E-state index in [1.54, 1.807) is 16.8 Å². The third-order valence-electron chi connectivity index (χ3n) is 4.06. The number of ether oxygens (including phenoxy) is 2. The summed E-state index contributed by atoms with van der Waals surface area (Å²) in [6.07, 6.45) is 2.57. The molecule has 0 radical (unpaired) electrons. The molecule has 2 atom stereocenters. The number of halogens is 1. The second kappa shape index (κ2) is 8.11. The Bertz CT molecular complexity index is 719. The van der Waals surface area contributed by atoms with Crippen molar-refractivity contribution in [3.05, 3.63) is 48.0 Å².